The summed E-state index contributed by atoms with van der Waals surface area (Å²) in [7, 11) is 1.22. The van der Waals surface area contributed by atoms with Crippen molar-refractivity contribution in [2.45, 2.75) is 6.04 Å². The van der Waals surface area contributed by atoms with Crippen molar-refractivity contribution >= 4 is 18.4 Å². The van der Waals surface area contributed by atoms with Crippen molar-refractivity contribution < 1.29 is 19.7 Å². The highest BCUT2D eigenvalue weighted by atomic mass is 35.5. The monoisotopic (exact) mass is 233 g/mol. The number of ether oxygens (including phenoxy) is 1. The van der Waals surface area contributed by atoms with Crippen LogP contribution >= 0.6 is 12.4 Å². The molecule has 0 bridgehead atoms. The highest BCUT2D eigenvalue weighted by molar-refractivity contribution is 5.85. The Labute approximate surface area is 92.9 Å². The number of esters is 1. The number of phenolic OH excluding ortho intramolecular Hbond substituents is 2. The van der Waals surface area contributed by atoms with E-state index in [1.54, 1.807) is 0 Å². The topological polar surface area (TPSA) is 92.8 Å². The van der Waals surface area contributed by atoms with Crippen molar-refractivity contribution in [2.24, 2.45) is 5.73 Å². The zero-order valence-electron chi connectivity index (χ0n) is 8.01. The number of nitrogens with two attached hydrogens (primary N) is 1. The maximum Gasteiger partial charge on any atom is 0.327 e. The zero-order chi connectivity index (χ0) is 10.7. The van der Waals surface area contributed by atoms with Crippen LogP contribution in [0.5, 0.6) is 11.5 Å². The van der Waals surface area contributed by atoms with Crippen molar-refractivity contribution in [3.63, 3.8) is 0 Å². The van der Waals surface area contributed by atoms with Crippen molar-refractivity contribution in [1.82, 2.24) is 0 Å². The number of hydrogen-bond acceptors (Lipinski definition) is 5. The average Bonchev–Trinajstić information content (AvgIpc) is 2.20. The Morgan fingerprint density at radius 3 is 2.47 bits per heavy atom. The second-order valence-corrected chi connectivity index (χ2v) is 2.75. The van der Waals surface area contributed by atoms with E-state index in [1.807, 2.05) is 0 Å². The summed E-state index contributed by atoms with van der Waals surface area (Å²) < 4.78 is 4.43. The predicted molar refractivity (Wildman–Crippen MR) is 56.0 cm³/mol. The number of benzene rings is 1. The fourth-order valence-electron chi connectivity index (χ4n) is 0.997. The van der Waals surface area contributed by atoms with Crippen LogP contribution in [0.3, 0.4) is 0 Å². The van der Waals surface area contributed by atoms with Gasteiger partial charge in [-0.2, -0.15) is 0 Å². The normalized spacial score (nSPS) is 11.3. The fraction of sp³-hybridized carbons (Fsp3) is 0.222. The molecule has 0 aliphatic carbocycles. The molecule has 0 unspecified atom stereocenters. The van der Waals surface area contributed by atoms with Crippen LogP contribution in [-0.2, 0) is 9.53 Å². The van der Waals surface area contributed by atoms with Crippen LogP contribution in [0, 0.1) is 0 Å². The smallest absolute Gasteiger partial charge is 0.327 e. The molecule has 0 aliphatic heterocycles. The lowest BCUT2D eigenvalue weighted by molar-refractivity contribution is -0.142. The Morgan fingerprint density at radius 1 is 1.40 bits per heavy atom. The molecule has 0 aromatic heterocycles. The highest BCUT2D eigenvalue weighted by Gasteiger charge is 2.17. The number of halogens is 1. The molecule has 5 nitrogen and oxygen atoms in total. The van der Waals surface area contributed by atoms with Crippen LogP contribution in [0.15, 0.2) is 18.2 Å². The Balaban J connectivity index is 0.00000196. The lowest BCUT2D eigenvalue weighted by Crippen LogP contribution is -2.22. The van der Waals surface area contributed by atoms with Gasteiger partial charge in [0.2, 0.25) is 0 Å². The quantitative estimate of drug-likeness (QED) is 0.516. The standard InChI is InChI=1S/C9H11NO4.ClH/c1-14-9(13)8(10)5-2-3-6(11)7(12)4-5;/h2-4,8,11-12H,10H2,1H3;1H/t8-;/m0./s1. The van der Waals surface area contributed by atoms with Gasteiger partial charge in [-0.1, -0.05) is 6.07 Å². The summed E-state index contributed by atoms with van der Waals surface area (Å²) in [6.45, 7) is 0. The van der Waals surface area contributed by atoms with E-state index in [2.05, 4.69) is 4.74 Å². The summed E-state index contributed by atoms with van der Waals surface area (Å²) in [4.78, 5) is 11.0. The van der Waals surface area contributed by atoms with Gasteiger partial charge in [-0.05, 0) is 17.7 Å². The molecule has 1 aromatic carbocycles. The molecule has 1 aromatic rings. The van der Waals surface area contributed by atoms with E-state index in [4.69, 9.17) is 15.9 Å². The lowest BCUT2D eigenvalue weighted by atomic mass is 10.1. The van der Waals surface area contributed by atoms with Crippen molar-refractivity contribution in [3.05, 3.63) is 23.8 Å². The van der Waals surface area contributed by atoms with Crippen LogP contribution in [0.1, 0.15) is 11.6 Å². The van der Waals surface area contributed by atoms with E-state index in [0.29, 0.717) is 5.56 Å². The van der Waals surface area contributed by atoms with E-state index in [0.717, 1.165) is 0 Å². The van der Waals surface area contributed by atoms with E-state index in [1.165, 1.54) is 25.3 Å². The molecule has 0 heterocycles. The Bertz CT molecular complexity index is 356. The first-order valence-electron chi connectivity index (χ1n) is 3.91. The number of aromatic hydroxyl groups is 2. The molecule has 0 spiro atoms. The van der Waals surface area contributed by atoms with Crippen LogP contribution in [0.2, 0.25) is 0 Å². The van der Waals surface area contributed by atoms with Crippen molar-refractivity contribution in [2.75, 3.05) is 7.11 Å². The third-order valence-electron chi connectivity index (χ3n) is 1.81. The third-order valence-corrected chi connectivity index (χ3v) is 1.81. The van der Waals surface area contributed by atoms with Gasteiger partial charge in [-0.3, -0.25) is 4.79 Å². The number of rotatable bonds is 2. The summed E-state index contributed by atoms with van der Waals surface area (Å²) in [5.41, 5.74) is 5.88. The van der Waals surface area contributed by atoms with Crippen LogP contribution in [0.25, 0.3) is 0 Å². The van der Waals surface area contributed by atoms with Crippen LogP contribution < -0.4 is 5.73 Å². The summed E-state index contributed by atoms with van der Waals surface area (Å²) in [6.07, 6.45) is 0. The first kappa shape index (κ1) is 13.5. The minimum Gasteiger partial charge on any atom is -0.504 e. The second kappa shape index (κ2) is 5.43. The van der Waals surface area contributed by atoms with Crippen molar-refractivity contribution in [1.29, 1.82) is 0 Å². The maximum absolute atomic E-state index is 11.0. The molecule has 0 saturated heterocycles. The third kappa shape index (κ3) is 3.00. The van der Waals surface area contributed by atoms with E-state index in [-0.39, 0.29) is 23.9 Å². The number of carbonyl (C=O) groups excluding carboxylic acids is 1. The van der Waals surface area contributed by atoms with Gasteiger partial charge in [0.05, 0.1) is 7.11 Å². The summed E-state index contributed by atoms with van der Waals surface area (Å²) >= 11 is 0. The van der Waals surface area contributed by atoms with E-state index < -0.39 is 12.0 Å². The molecular formula is C9H12ClNO4. The molecule has 4 N–H and O–H groups in total. The van der Waals surface area contributed by atoms with Gasteiger partial charge < -0.3 is 20.7 Å². The SMILES string of the molecule is COC(=O)[C@@H](N)c1ccc(O)c(O)c1.Cl. The van der Waals surface area contributed by atoms with Crippen molar-refractivity contribution in [3.8, 4) is 11.5 Å². The minimum atomic E-state index is -0.952. The maximum atomic E-state index is 11.0. The zero-order valence-corrected chi connectivity index (χ0v) is 8.82. The van der Waals surface area contributed by atoms with Gasteiger partial charge >= 0.3 is 5.97 Å². The molecule has 0 saturated carbocycles. The molecule has 0 radical (unpaired) electrons. The number of hydrogen-bond donors (Lipinski definition) is 3. The van der Waals surface area contributed by atoms with Gasteiger partial charge in [0, 0.05) is 0 Å². The second-order valence-electron chi connectivity index (χ2n) is 2.75. The Morgan fingerprint density at radius 2 is 2.00 bits per heavy atom. The molecular weight excluding hydrogens is 222 g/mol. The molecule has 15 heavy (non-hydrogen) atoms. The molecule has 6 heteroatoms. The molecule has 0 fully saturated rings. The summed E-state index contributed by atoms with van der Waals surface area (Å²) in [5, 5.41) is 18.2. The van der Waals surface area contributed by atoms with Crippen LogP contribution in [-0.4, -0.2) is 23.3 Å². The first-order chi connectivity index (χ1) is 6.56. The number of methoxy groups -OCH3 is 1. The van der Waals surface area contributed by atoms with Gasteiger partial charge in [0.15, 0.2) is 11.5 Å². The van der Waals surface area contributed by atoms with Crippen LogP contribution in [0.4, 0.5) is 0 Å². The fourth-order valence-corrected chi connectivity index (χ4v) is 0.997. The highest BCUT2D eigenvalue weighted by Crippen LogP contribution is 2.27. The van der Waals surface area contributed by atoms with Gasteiger partial charge in [-0.15, -0.1) is 12.4 Å². The van der Waals surface area contributed by atoms with Gasteiger partial charge in [0.1, 0.15) is 6.04 Å². The molecule has 0 aliphatic rings. The molecule has 0 amide bonds. The lowest BCUT2D eigenvalue weighted by Gasteiger charge is -2.09. The number of carbonyl (C=O) groups is 1. The predicted octanol–water partition coefficient (Wildman–Crippen LogP) is 0.692. The average molecular weight is 234 g/mol. The Kier molecular flexibility index (Phi) is 4.90. The Hall–Kier alpha value is -1.46. The number of phenols is 2. The van der Waals surface area contributed by atoms with Gasteiger partial charge in [-0.25, -0.2) is 0 Å². The first-order valence-corrected chi connectivity index (χ1v) is 3.91. The summed E-state index contributed by atoms with van der Waals surface area (Å²) in [6, 6.07) is 2.97. The molecule has 1 atom stereocenters. The van der Waals surface area contributed by atoms with E-state index in [9.17, 15) is 4.79 Å². The minimum absolute atomic E-state index is 0. The molecule has 84 valence electrons. The largest absolute Gasteiger partial charge is 0.504 e. The summed E-state index contributed by atoms with van der Waals surface area (Å²) in [5.74, 6) is -1.18. The van der Waals surface area contributed by atoms with E-state index >= 15 is 0 Å². The van der Waals surface area contributed by atoms with Gasteiger partial charge in [0.25, 0.3) is 0 Å². The molecule has 1 rings (SSSR count).